The number of carbonyl (C=O) groups is 1. The Morgan fingerprint density at radius 2 is 2.18 bits per heavy atom. The zero-order valence-electron chi connectivity index (χ0n) is 12.2. The fourth-order valence-electron chi connectivity index (χ4n) is 2.92. The molecular formula is C16H16N2O4. The molecular weight excluding hydrogens is 284 g/mol. The monoisotopic (exact) mass is 300 g/mol. The van der Waals surface area contributed by atoms with E-state index in [4.69, 9.17) is 4.42 Å². The summed E-state index contributed by atoms with van der Waals surface area (Å²) in [4.78, 5) is 24.3. The number of nitro groups is 1. The Bertz CT molecular complexity index is 722. The van der Waals surface area contributed by atoms with Crippen LogP contribution >= 0.6 is 0 Å². The van der Waals surface area contributed by atoms with Gasteiger partial charge >= 0.3 is 5.88 Å². The van der Waals surface area contributed by atoms with E-state index in [0.29, 0.717) is 6.54 Å². The normalized spacial score (nSPS) is 17.7. The van der Waals surface area contributed by atoms with Crippen LogP contribution in [0.15, 0.2) is 40.8 Å². The predicted octanol–water partition coefficient (Wildman–Crippen LogP) is 3.47. The molecule has 2 aromatic rings. The number of likely N-dealkylation sites (tertiary alicyclic amines) is 1. The maximum Gasteiger partial charge on any atom is 0.433 e. The summed E-state index contributed by atoms with van der Waals surface area (Å²) in [7, 11) is 0. The summed E-state index contributed by atoms with van der Waals surface area (Å²) < 4.78 is 5.04. The van der Waals surface area contributed by atoms with Crippen molar-refractivity contribution in [1.82, 2.24) is 4.90 Å². The Morgan fingerprint density at radius 3 is 2.86 bits per heavy atom. The number of amides is 1. The van der Waals surface area contributed by atoms with Gasteiger partial charge in [0, 0.05) is 6.54 Å². The molecule has 1 unspecified atom stereocenters. The zero-order chi connectivity index (χ0) is 15.7. The number of carbonyl (C=O) groups excluding carboxylic acids is 1. The Labute approximate surface area is 127 Å². The van der Waals surface area contributed by atoms with Gasteiger partial charge in [0.05, 0.1) is 12.1 Å². The maximum absolute atomic E-state index is 12.6. The van der Waals surface area contributed by atoms with Crippen molar-refractivity contribution in [3.63, 3.8) is 0 Å². The van der Waals surface area contributed by atoms with Crippen LogP contribution < -0.4 is 0 Å². The highest BCUT2D eigenvalue weighted by atomic mass is 16.6. The van der Waals surface area contributed by atoms with E-state index in [-0.39, 0.29) is 17.7 Å². The number of rotatable bonds is 3. The molecule has 114 valence electrons. The molecule has 1 saturated heterocycles. The molecule has 0 aliphatic carbocycles. The Morgan fingerprint density at radius 1 is 1.36 bits per heavy atom. The molecule has 6 heteroatoms. The van der Waals surface area contributed by atoms with E-state index in [0.717, 1.165) is 24.0 Å². The van der Waals surface area contributed by atoms with Gasteiger partial charge in [-0.15, -0.1) is 0 Å². The maximum atomic E-state index is 12.6. The lowest BCUT2D eigenvalue weighted by Crippen LogP contribution is -2.30. The second kappa shape index (κ2) is 5.63. The van der Waals surface area contributed by atoms with Gasteiger partial charge in [-0.25, -0.2) is 0 Å². The molecule has 1 aliphatic heterocycles. The van der Waals surface area contributed by atoms with Crippen LogP contribution in [0.3, 0.4) is 0 Å². The van der Waals surface area contributed by atoms with Crippen LogP contribution in [0.4, 0.5) is 5.88 Å². The SMILES string of the molecule is Cc1cccc(C2CCCN2C(=O)c2ccc([N+](=O)[O-])o2)c1. The Hall–Kier alpha value is -2.63. The minimum atomic E-state index is -0.640. The lowest BCUT2D eigenvalue weighted by Gasteiger charge is -2.24. The molecule has 1 amide bonds. The van der Waals surface area contributed by atoms with Crippen molar-refractivity contribution in [1.29, 1.82) is 0 Å². The highest BCUT2D eigenvalue weighted by Gasteiger charge is 2.32. The van der Waals surface area contributed by atoms with E-state index >= 15 is 0 Å². The second-order valence-electron chi connectivity index (χ2n) is 5.47. The van der Waals surface area contributed by atoms with Crippen molar-refractivity contribution >= 4 is 11.8 Å². The molecule has 1 aliphatic rings. The fraction of sp³-hybridized carbons (Fsp3) is 0.312. The summed E-state index contributed by atoms with van der Waals surface area (Å²) in [6, 6.07) is 10.6. The average molecular weight is 300 g/mol. The highest BCUT2D eigenvalue weighted by molar-refractivity contribution is 5.92. The molecule has 0 bridgehead atoms. The number of nitrogens with zero attached hydrogens (tertiary/aromatic N) is 2. The molecule has 0 spiro atoms. The summed E-state index contributed by atoms with van der Waals surface area (Å²) in [5.74, 6) is -0.682. The zero-order valence-corrected chi connectivity index (χ0v) is 12.2. The van der Waals surface area contributed by atoms with Gasteiger partial charge in [-0.3, -0.25) is 14.9 Å². The van der Waals surface area contributed by atoms with Gasteiger partial charge in [-0.1, -0.05) is 29.8 Å². The van der Waals surface area contributed by atoms with Crippen molar-refractivity contribution in [2.24, 2.45) is 0 Å². The summed E-state index contributed by atoms with van der Waals surface area (Å²) in [6.07, 6.45) is 1.80. The summed E-state index contributed by atoms with van der Waals surface area (Å²) >= 11 is 0. The molecule has 0 saturated carbocycles. The second-order valence-corrected chi connectivity index (χ2v) is 5.47. The number of hydrogen-bond donors (Lipinski definition) is 0. The average Bonchev–Trinajstić information content (AvgIpc) is 3.16. The van der Waals surface area contributed by atoms with Crippen molar-refractivity contribution in [3.05, 3.63) is 63.4 Å². The standard InChI is InChI=1S/C16H16N2O4/c1-11-4-2-5-12(10-11)13-6-3-9-17(13)16(19)14-7-8-15(22-14)18(20)21/h2,4-5,7-8,10,13H,3,6,9H2,1H3. The van der Waals surface area contributed by atoms with Crippen LogP contribution in [-0.2, 0) is 0 Å². The first kappa shape index (κ1) is 14.3. The van der Waals surface area contributed by atoms with Gasteiger partial charge in [-0.2, -0.15) is 0 Å². The minimum Gasteiger partial charge on any atom is -0.395 e. The van der Waals surface area contributed by atoms with Crippen LogP contribution in [0, 0.1) is 17.0 Å². The largest absolute Gasteiger partial charge is 0.433 e. The van der Waals surface area contributed by atoms with Gasteiger partial charge < -0.3 is 9.32 Å². The van der Waals surface area contributed by atoms with Crippen molar-refractivity contribution in [2.45, 2.75) is 25.8 Å². The van der Waals surface area contributed by atoms with Gasteiger partial charge in [-0.05, 0) is 31.4 Å². The fourth-order valence-corrected chi connectivity index (χ4v) is 2.92. The van der Waals surface area contributed by atoms with E-state index in [1.165, 1.54) is 12.1 Å². The lowest BCUT2D eigenvalue weighted by atomic mass is 10.0. The van der Waals surface area contributed by atoms with Gasteiger partial charge in [0.1, 0.15) is 4.92 Å². The summed E-state index contributed by atoms with van der Waals surface area (Å²) in [5, 5.41) is 10.7. The van der Waals surface area contributed by atoms with Crippen LogP contribution in [-0.4, -0.2) is 22.3 Å². The van der Waals surface area contributed by atoms with Crippen LogP contribution in [0.2, 0.25) is 0 Å². The van der Waals surface area contributed by atoms with Crippen molar-refractivity contribution < 1.29 is 14.1 Å². The minimum absolute atomic E-state index is 0.00319. The lowest BCUT2D eigenvalue weighted by molar-refractivity contribution is -0.402. The van der Waals surface area contributed by atoms with Crippen molar-refractivity contribution in [3.8, 4) is 0 Å². The number of aryl methyl sites for hydroxylation is 1. The van der Waals surface area contributed by atoms with Gasteiger partial charge in [0.15, 0.2) is 5.76 Å². The third-order valence-electron chi connectivity index (χ3n) is 3.92. The predicted molar refractivity (Wildman–Crippen MR) is 79.6 cm³/mol. The van der Waals surface area contributed by atoms with Gasteiger partial charge in [0.2, 0.25) is 0 Å². The number of benzene rings is 1. The molecule has 1 atom stereocenters. The summed E-state index contributed by atoms with van der Waals surface area (Å²) in [6.45, 7) is 2.65. The molecule has 3 rings (SSSR count). The molecule has 0 radical (unpaired) electrons. The first-order valence-electron chi connectivity index (χ1n) is 7.18. The molecule has 22 heavy (non-hydrogen) atoms. The van der Waals surface area contributed by atoms with Crippen molar-refractivity contribution in [2.75, 3.05) is 6.54 Å². The van der Waals surface area contributed by atoms with E-state index in [9.17, 15) is 14.9 Å². The van der Waals surface area contributed by atoms with E-state index < -0.39 is 10.8 Å². The molecule has 0 N–H and O–H groups in total. The first-order chi connectivity index (χ1) is 10.6. The first-order valence-corrected chi connectivity index (χ1v) is 7.18. The number of furan rings is 1. The smallest absolute Gasteiger partial charge is 0.395 e. The molecule has 2 heterocycles. The van der Waals surface area contributed by atoms with Crippen LogP contribution in [0.25, 0.3) is 0 Å². The van der Waals surface area contributed by atoms with Crippen LogP contribution in [0.5, 0.6) is 0 Å². The van der Waals surface area contributed by atoms with E-state index in [2.05, 4.69) is 6.07 Å². The molecule has 6 nitrogen and oxygen atoms in total. The third-order valence-corrected chi connectivity index (χ3v) is 3.92. The Balaban J connectivity index is 1.86. The number of hydrogen-bond acceptors (Lipinski definition) is 4. The van der Waals surface area contributed by atoms with E-state index in [1.54, 1.807) is 4.90 Å². The molecule has 1 aromatic carbocycles. The van der Waals surface area contributed by atoms with Gasteiger partial charge in [0.25, 0.3) is 5.91 Å². The van der Waals surface area contributed by atoms with E-state index in [1.807, 2.05) is 25.1 Å². The third kappa shape index (κ3) is 2.59. The van der Waals surface area contributed by atoms with Crippen LogP contribution in [0.1, 0.15) is 40.6 Å². The highest BCUT2D eigenvalue weighted by Crippen LogP contribution is 2.34. The molecule has 1 fully saturated rings. The topological polar surface area (TPSA) is 76.6 Å². The quantitative estimate of drug-likeness (QED) is 0.642. The Kier molecular flexibility index (Phi) is 3.66. The summed E-state index contributed by atoms with van der Waals surface area (Å²) in [5.41, 5.74) is 2.23. The molecule has 1 aromatic heterocycles.